The third-order valence-electron chi connectivity index (χ3n) is 9.98. The smallest absolute Gasteiger partial charge is 0.410 e. The molecule has 7 rings (SSSR count). The van der Waals surface area contributed by atoms with Gasteiger partial charge in [-0.15, -0.1) is 0 Å². The number of likely N-dealkylation sites (tertiary alicyclic amines) is 2. The molecule has 5 aliphatic rings. The molecule has 4 heterocycles. The minimum absolute atomic E-state index is 0.0751. The number of benzene rings is 2. The van der Waals surface area contributed by atoms with Crippen molar-refractivity contribution in [1.29, 1.82) is 0 Å². The summed E-state index contributed by atoms with van der Waals surface area (Å²) in [7, 11) is 0. The summed E-state index contributed by atoms with van der Waals surface area (Å²) < 4.78 is 11.9. The lowest BCUT2D eigenvalue weighted by Gasteiger charge is -2.59. The summed E-state index contributed by atoms with van der Waals surface area (Å²) in [5.41, 5.74) is 2.36. The lowest BCUT2D eigenvalue weighted by atomic mass is 9.72. The third-order valence-corrected chi connectivity index (χ3v) is 9.98. The van der Waals surface area contributed by atoms with Crippen molar-refractivity contribution in [2.75, 3.05) is 44.2 Å². The molecular weight excluding hydrogens is 516 g/mol. The summed E-state index contributed by atoms with van der Waals surface area (Å²) in [5, 5.41) is 3.56. The van der Waals surface area contributed by atoms with E-state index in [1.54, 1.807) is 4.90 Å². The van der Waals surface area contributed by atoms with E-state index < -0.39 is 0 Å². The number of carbonyl (C=O) groups is 2. The van der Waals surface area contributed by atoms with Gasteiger partial charge in [0.15, 0.2) is 0 Å². The average molecular weight is 559 g/mol. The molecule has 4 saturated heterocycles. The van der Waals surface area contributed by atoms with Crippen LogP contribution in [0.25, 0.3) is 0 Å². The lowest BCUT2D eigenvalue weighted by Crippen LogP contribution is -2.73. The number of hydrogen-bond donors (Lipinski definition) is 1. The number of carbonyl (C=O) groups excluding carboxylic acids is 2. The second kappa shape index (κ2) is 11.2. The number of hydrogen-bond acceptors (Lipinski definition) is 6. The molecular formula is C33H42N4O4. The monoisotopic (exact) mass is 558 g/mol. The van der Waals surface area contributed by atoms with Gasteiger partial charge in [-0.05, 0) is 62.1 Å². The van der Waals surface area contributed by atoms with Crippen LogP contribution in [-0.2, 0) is 16.1 Å². The van der Waals surface area contributed by atoms with Crippen LogP contribution in [0.3, 0.4) is 0 Å². The Morgan fingerprint density at radius 1 is 0.829 bits per heavy atom. The van der Waals surface area contributed by atoms with Gasteiger partial charge < -0.3 is 29.5 Å². The van der Waals surface area contributed by atoms with Crippen molar-refractivity contribution in [3.05, 3.63) is 60.2 Å². The Labute approximate surface area is 243 Å². The van der Waals surface area contributed by atoms with E-state index in [4.69, 9.17) is 9.47 Å². The maximum absolute atomic E-state index is 13.0. The highest BCUT2D eigenvalue weighted by Gasteiger charge is 2.55. The zero-order valence-corrected chi connectivity index (χ0v) is 23.9. The summed E-state index contributed by atoms with van der Waals surface area (Å²) >= 11 is 0. The molecule has 1 N–H and O–H groups in total. The maximum atomic E-state index is 13.0. The van der Waals surface area contributed by atoms with Gasteiger partial charge >= 0.3 is 6.09 Å². The van der Waals surface area contributed by atoms with Gasteiger partial charge in [0.1, 0.15) is 12.4 Å². The van der Waals surface area contributed by atoms with Crippen molar-refractivity contribution in [2.24, 2.45) is 11.3 Å². The van der Waals surface area contributed by atoms with Gasteiger partial charge in [0.25, 0.3) is 0 Å². The fraction of sp³-hybridized carbons (Fsp3) is 0.576. The number of anilines is 1. The quantitative estimate of drug-likeness (QED) is 0.542. The van der Waals surface area contributed by atoms with E-state index in [1.807, 2.05) is 35.2 Å². The summed E-state index contributed by atoms with van der Waals surface area (Å²) in [6, 6.07) is 19.6. The highest BCUT2D eigenvalue weighted by atomic mass is 16.6. The predicted molar refractivity (Wildman–Crippen MR) is 157 cm³/mol. The van der Waals surface area contributed by atoms with Crippen LogP contribution in [0.5, 0.6) is 5.75 Å². The first-order chi connectivity index (χ1) is 20.0. The van der Waals surface area contributed by atoms with Crippen molar-refractivity contribution in [3.8, 4) is 5.75 Å². The van der Waals surface area contributed by atoms with Crippen LogP contribution >= 0.6 is 0 Å². The highest BCUT2D eigenvalue weighted by Crippen LogP contribution is 2.41. The van der Waals surface area contributed by atoms with E-state index in [0.29, 0.717) is 44.1 Å². The summed E-state index contributed by atoms with van der Waals surface area (Å²) in [5.74, 6) is 1.68. The topological polar surface area (TPSA) is 74.4 Å². The van der Waals surface area contributed by atoms with Crippen molar-refractivity contribution in [1.82, 2.24) is 15.1 Å². The van der Waals surface area contributed by atoms with Gasteiger partial charge in [0, 0.05) is 74.9 Å². The number of amides is 2. The summed E-state index contributed by atoms with van der Waals surface area (Å²) in [6.07, 6.45) is 7.23. The Bertz CT molecular complexity index is 1220. The van der Waals surface area contributed by atoms with Crippen molar-refractivity contribution in [2.45, 2.75) is 69.7 Å². The molecule has 5 fully saturated rings. The molecule has 2 amide bonds. The van der Waals surface area contributed by atoms with Gasteiger partial charge in [0.05, 0.1) is 6.10 Å². The second-order valence-electron chi connectivity index (χ2n) is 13.1. The normalized spacial score (nSPS) is 28.1. The van der Waals surface area contributed by atoms with Crippen LogP contribution < -0.4 is 15.0 Å². The Kier molecular flexibility index (Phi) is 7.27. The maximum Gasteiger partial charge on any atom is 0.410 e. The Hall–Kier alpha value is -3.26. The van der Waals surface area contributed by atoms with Crippen LogP contribution in [-0.4, -0.2) is 79.3 Å². The minimum atomic E-state index is -0.258. The van der Waals surface area contributed by atoms with E-state index in [2.05, 4.69) is 34.5 Å². The second-order valence-corrected chi connectivity index (χ2v) is 13.1. The van der Waals surface area contributed by atoms with Gasteiger partial charge in [-0.1, -0.05) is 36.4 Å². The zero-order valence-electron chi connectivity index (χ0n) is 23.9. The number of fused-ring (bicyclic) bond motifs is 2. The third kappa shape index (κ3) is 5.63. The molecule has 1 aliphatic carbocycles. The first-order valence-corrected chi connectivity index (χ1v) is 15.5. The molecule has 4 aliphatic heterocycles. The number of nitrogens with zero attached hydrogens (tertiary/aromatic N) is 3. The Morgan fingerprint density at radius 2 is 1.54 bits per heavy atom. The molecule has 2 atom stereocenters. The van der Waals surface area contributed by atoms with E-state index in [-0.39, 0.29) is 23.5 Å². The largest absolute Gasteiger partial charge is 0.490 e. The van der Waals surface area contributed by atoms with Crippen LogP contribution in [0, 0.1) is 11.3 Å². The highest BCUT2D eigenvalue weighted by molar-refractivity contribution is 5.78. The Balaban J connectivity index is 0.813. The van der Waals surface area contributed by atoms with Gasteiger partial charge in [-0.3, -0.25) is 4.79 Å². The first kappa shape index (κ1) is 26.6. The van der Waals surface area contributed by atoms with Crippen molar-refractivity contribution < 1.29 is 19.1 Å². The minimum Gasteiger partial charge on any atom is -0.490 e. The number of nitrogens with one attached hydrogen (secondary N) is 1. The van der Waals surface area contributed by atoms with E-state index in [1.165, 1.54) is 18.5 Å². The number of rotatable bonds is 7. The lowest BCUT2D eigenvalue weighted by molar-refractivity contribution is -0.157. The van der Waals surface area contributed by atoms with Crippen molar-refractivity contribution >= 4 is 17.7 Å². The van der Waals surface area contributed by atoms with Gasteiger partial charge in [-0.2, -0.15) is 0 Å². The van der Waals surface area contributed by atoms with Crippen LogP contribution in [0.15, 0.2) is 54.6 Å². The number of ether oxygens (including phenoxy) is 2. The molecule has 218 valence electrons. The van der Waals surface area contributed by atoms with E-state index in [0.717, 1.165) is 63.2 Å². The molecule has 2 unspecified atom stereocenters. The van der Waals surface area contributed by atoms with Crippen LogP contribution in [0.1, 0.15) is 50.5 Å². The molecule has 1 spiro atoms. The van der Waals surface area contributed by atoms with Gasteiger partial charge in [0.2, 0.25) is 5.91 Å². The van der Waals surface area contributed by atoms with Crippen LogP contribution in [0.2, 0.25) is 0 Å². The van der Waals surface area contributed by atoms with E-state index in [9.17, 15) is 9.59 Å². The molecule has 0 aromatic heterocycles. The fourth-order valence-corrected chi connectivity index (χ4v) is 7.78. The molecule has 8 nitrogen and oxygen atoms in total. The zero-order chi connectivity index (χ0) is 27.8. The molecule has 2 aromatic carbocycles. The van der Waals surface area contributed by atoms with Gasteiger partial charge in [-0.25, -0.2) is 4.79 Å². The van der Waals surface area contributed by atoms with Crippen molar-refractivity contribution in [3.63, 3.8) is 0 Å². The average Bonchev–Trinajstić information content (AvgIpc) is 3.20. The summed E-state index contributed by atoms with van der Waals surface area (Å²) in [4.78, 5) is 31.7. The number of piperazine rings is 1. The van der Waals surface area contributed by atoms with Crippen LogP contribution in [0.4, 0.5) is 10.5 Å². The summed E-state index contributed by atoms with van der Waals surface area (Å²) in [6.45, 7) is 5.34. The molecule has 8 heteroatoms. The molecule has 1 saturated carbocycles. The first-order valence-electron chi connectivity index (χ1n) is 15.5. The fourth-order valence-electron chi connectivity index (χ4n) is 7.78. The Morgan fingerprint density at radius 3 is 2.27 bits per heavy atom. The molecule has 2 bridgehead atoms. The predicted octanol–water partition coefficient (Wildman–Crippen LogP) is 4.44. The molecule has 2 aromatic rings. The standard InChI is InChI=1S/C33H42N4O4/c38-31(35-20-33(21-35)22-36(23-33)32(39)40-19-25-5-2-1-3-6-25)15-24-9-13-29(14-10-24)41-30-8-4-7-26(16-30)37-27-11-12-28(37)18-34-17-27/h1-8,16,24,27-29,34H,9-15,17-23H2. The molecule has 41 heavy (non-hydrogen) atoms. The SMILES string of the molecule is O=C(CC1CCC(Oc2cccc(N3C4CCC3CNC4)c2)CC1)N1CC2(C1)CN(C(=O)OCc1ccccc1)C2. The van der Waals surface area contributed by atoms with E-state index >= 15 is 0 Å². The molecule has 0 radical (unpaired) electrons.